The van der Waals surface area contributed by atoms with Gasteiger partial charge >= 0.3 is 0 Å². The lowest BCUT2D eigenvalue weighted by Gasteiger charge is -2.27. The minimum atomic E-state index is -0.576. The van der Waals surface area contributed by atoms with E-state index in [4.69, 9.17) is 24.9 Å². The molecule has 2 aromatic carbocycles. The molecule has 16 heteroatoms. The number of para-hydroxylation sites is 1. The van der Waals surface area contributed by atoms with Gasteiger partial charge in [0, 0.05) is 51.8 Å². The average Bonchev–Trinajstić information content (AvgIpc) is 3.93. The molecule has 5 heterocycles. The molecule has 16 nitrogen and oxygen atoms in total. The SMILES string of the molecule is CCc1nc(C)oc1C(=O)Nc1nc2cc(C(N)=O)cc(C)c2n1C/C=C/Cn1c(NC(=O)c2cc(C)nn2CC)nc2cccc(CN3CCOCC3)c21. The second-order valence-electron chi connectivity index (χ2n) is 13.5. The highest BCUT2D eigenvalue weighted by Crippen LogP contribution is 2.28. The number of rotatable bonds is 13. The van der Waals surface area contributed by atoms with Crippen LogP contribution in [0.1, 0.15) is 73.7 Å². The Morgan fingerprint density at radius 1 is 0.873 bits per heavy atom. The van der Waals surface area contributed by atoms with Crippen molar-refractivity contribution < 1.29 is 23.5 Å². The third-order valence-corrected chi connectivity index (χ3v) is 9.64. The first-order valence-corrected chi connectivity index (χ1v) is 18.4. The van der Waals surface area contributed by atoms with Crippen LogP contribution in [0.2, 0.25) is 0 Å². The van der Waals surface area contributed by atoms with E-state index in [1.165, 1.54) is 0 Å². The monoisotopic (exact) mass is 747 g/mol. The summed E-state index contributed by atoms with van der Waals surface area (Å²) in [6.45, 7) is 14.2. The molecule has 55 heavy (non-hydrogen) atoms. The van der Waals surface area contributed by atoms with E-state index in [2.05, 4.69) is 31.7 Å². The maximum atomic E-state index is 13.7. The van der Waals surface area contributed by atoms with Gasteiger partial charge < -0.3 is 24.0 Å². The zero-order valence-corrected chi connectivity index (χ0v) is 31.7. The van der Waals surface area contributed by atoms with Crippen LogP contribution in [0.5, 0.6) is 0 Å². The normalized spacial score (nSPS) is 13.7. The highest BCUT2D eigenvalue weighted by atomic mass is 16.5. The molecule has 0 bridgehead atoms. The average molecular weight is 748 g/mol. The molecule has 0 aliphatic carbocycles. The summed E-state index contributed by atoms with van der Waals surface area (Å²) in [7, 11) is 0. The van der Waals surface area contributed by atoms with Gasteiger partial charge in [-0.05, 0) is 62.6 Å². The largest absolute Gasteiger partial charge is 0.436 e. The van der Waals surface area contributed by atoms with Crippen LogP contribution < -0.4 is 16.4 Å². The number of nitrogens with two attached hydrogens (primary N) is 1. The van der Waals surface area contributed by atoms with Gasteiger partial charge in [-0.3, -0.25) is 34.6 Å². The molecule has 7 rings (SSSR count). The number of hydrogen-bond donors (Lipinski definition) is 3. The molecule has 4 N–H and O–H groups in total. The van der Waals surface area contributed by atoms with Crippen LogP contribution in [-0.4, -0.2) is 82.8 Å². The summed E-state index contributed by atoms with van der Waals surface area (Å²) in [5.74, 6) is -0.178. The number of aryl methyl sites for hydroxylation is 5. The number of fused-ring (bicyclic) bond motifs is 2. The topological polar surface area (TPSA) is 193 Å². The summed E-state index contributed by atoms with van der Waals surface area (Å²) in [6, 6.07) is 11.1. The summed E-state index contributed by atoms with van der Waals surface area (Å²) in [5.41, 5.74) is 12.4. The Balaban J connectivity index is 1.24. The van der Waals surface area contributed by atoms with Crippen LogP contribution in [0.3, 0.4) is 0 Å². The number of carbonyl (C=O) groups excluding carboxylic acids is 3. The molecule has 3 amide bonds. The maximum absolute atomic E-state index is 13.7. The van der Waals surface area contributed by atoms with Gasteiger partial charge in [0.15, 0.2) is 5.89 Å². The van der Waals surface area contributed by atoms with E-state index in [0.29, 0.717) is 80.1 Å². The number of morpholine rings is 1. The van der Waals surface area contributed by atoms with Crippen molar-refractivity contribution in [2.24, 2.45) is 5.73 Å². The molecule has 1 aliphatic rings. The Morgan fingerprint density at radius 3 is 2.25 bits per heavy atom. The van der Waals surface area contributed by atoms with Gasteiger partial charge in [0.25, 0.3) is 11.8 Å². The number of nitrogens with zero attached hydrogens (tertiary/aromatic N) is 8. The molecule has 1 fully saturated rings. The highest BCUT2D eigenvalue weighted by Gasteiger charge is 2.23. The number of carbonyl (C=O) groups is 3. The van der Waals surface area contributed by atoms with E-state index < -0.39 is 11.8 Å². The number of benzene rings is 2. The third kappa shape index (κ3) is 7.63. The van der Waals surface area contributed by atoms with Crippen molar-refractivity contribution in [3.63, 3.8) is 0 Å². The predicted octanol–water partition coefficient (Wildman–Crippen LogP) is 4.77. The number of anilines is 2. The van der Waals surface area contributed by atoms with Crippen LogP contribution in [0, 0.1) is 20.8 Å². The van der Waals surface area contributed by atoms with Gasteiger partial charge in [0.05, 0.1) is 46.7 Å². The molecule has 4 aromatic heterocycles. The smallest absolute Gasteiger partial charge is 0.295 e. The van der Waals surface area contributed by atoms with Crippen molar-refractivity contribution in [2.75, 3.05) is 36.9 Å². The van der Waals surface area contributed by atoms with Gasteiger partial charge in [-0.15, -0.1) is 0 Å². The summed E-state index contributed by atoms with van der Waals surface area (Å²) >= 11 is 0. The summed E-state index contributed by atoms with van der Waals surface area (Å²) in [4.78, 5) is 55.6. The number of allylic oxidation sites excluding steroid dienone is 2. The Morgan fingerprint density at radius 2 is 1.56 bits per heavy atom. The van der Waals surface area contributed by atoms with Crippen molar-refractivity contribution in [2.45, 2.75) is 67.2 Å². The highest BCUT2D eigenvalue weighted by molar-refractivity contribution is 6.04. The molecule has 1 aliphatic heterocycles. The van der Waals surface area contributed by atoms with Crippen molar-refractivity contribution in [3.8, 4) is 0 Å². The van der Waals surface area contributed by atoms with Gasteiger partial charge in [-0.2, -0.15) is 5.10 Å². The lowest BCUT2D eigenvalue weighted by molar-refractivity contribution is 0.0343. The number of hydrogen-bond acceptors (Lipinski definition) is 10. The van der Waals surface area contributed by atoms with Crippen molar-refractivity contribution in [3.05, 3.63) is 94.0 Å². The van der Waals surface area contributed by atoms with Crippen molar-refractivity contribution in [1.29, 1.82) is 0 Å². The zero-order valence-electron chi connectivity index (χ0n) is 31.7. The molecule has 286 valence electrons. The molecule has 6 aromatic rings. The fourth-order valence-corrected chi connectivity index (χ4v) is 7.09. The Bertz CT molecular complexity index is 2440. The molecule has 1 saturated heterocycles. The van der Waals surface area contributed by atoms with E-state index >= 15 is 0 Å². The van der Waals surface area contributed by atoms with Crippen LogP contribution >= 0.6 is 0 Å². The zero-order chi connectivity index (χ0) is 38.8. The molecule has 0 spiro atoms. The van der Waals surface area contributed by atoms with E-state index in [0.717, 1.165) is 46.5 Å². The minimum absolute atomic E-state index is 0.121. The lowest BCUT2D eigenvalue weighted by Crippen LogP contribution is -2.35. The Kier molecular flexibility index (Phi) is 10.6. The quantitative estimate of drug-likeness (QED) is 0.139. The van der Waals surface area contributed by atoms with E-state index in [1.807, 2.05) is 61.1 Å². The number of aromatic nitrogens is 7. The minimum Gasteiger partial charge on any atom is -0.436 e. The van der Waals surface area contributed by atoms with Gasteiger partial charge in [-0.1, -0.05) is 31.2 Å². The molecule has 0 radical (unpaired) electrons. The third-order valence-electron chi connectivity index (χ3n) is 9.64. The number of ether oxygens (including phenoxy) is 1. The summed E-state index contributed by atoms with van der Waals surface area (Å²) in [5, 5.41) is 10.4. The van der Waals surface area contributed by atoms with Gasteiger partial charge in [0.2, 0.25) is 23.6 Å². The first kappa shape index (κ1) is 37.2. The van der Waals surface area contributed by atoms with Crippen LogP contribution in [0.4, 0.5) is 11.9 Å². The lowest BCUT2D eigenvalue weighted by atomic mass is 10.1. The Hall–Kier alpha value is -6.13. The summed E-state index contributed by atoms with van der Waals surface area (Å²) in [6.07, 6.45) is 4.47. The fourth-order valence-electron chi connectivity index (χ4n) is 7.09. The number of imidazole rings is 2. The van der Waals surface area contributed by atoms with Crippen LogP contribution in [0.25, 0.3) is 22.1 Å². The standard InChI is InChI=1S/C39H45N11O5/c1-6-28-34(55-25(5)41-28)37(53)45-39-43-30-21-27(35(40)51)19-23(3)32(30)48(39)13-8-9-14-49-33-26(22-47-15-17-54-18-16-47)11-10-12-29(33)42-38(49)44-36(52)31-20-24(4)46-50(31)7-2/h8-12,19-21H,6-7,13-18,22H2,1-5H3,(H2,40,51)(H,42,44,52)(H,43,45,53)/b9-8+. The predicted molar refractivity (Wildman–Crippen MR) is 207 cm³/mol. The first-order chi connectivity index (χ1) is 26.5. The van der Waals surface area contributed by atoms with E-state index in [1.54, 1.807) is 29.8 Å². The number of oxazole rings is 1. The Labute approximate surface area is 317 Å². The molecular weight excluding hydrogens is 703 g/mol. The van der Waals surface area contributed by atoms with Gasteiger partial charge in [-0.25, -0.2) is 15.0 Å². The second-order valence-corrected chi connectivity index (χ2v) is 13.5. The second kappa shape index (κ2) is 15.7. The fraction of sp³-hybridized carbons (Fsp3) is 0.359. The van der Waals surface area contributed by atoms with Crippen LogP contribution in [-0.2, 0) is 37.3 Å². The number of primary amides is 1. The van der Waals surface area contributed by atoms with E-state index in [9.17, 15) is 14.4 Å². The van der Waals surface area contributed by atoms with E-state index in [-0.39, 0.29) is 17.6 Å². The molecule has 0 atom stereocenters. The van der Waals surface area contributed by atoms with Gasteiger partial charge in [0.1, 0.15) is 5.69 Å². The van der Waals surface area contributed by atoms with Crippen molar-refractivity contribution in [1.82, 2.24) is 38.8 Å². The van der Waals surface area contributed by atoms with Crippen molar-refractivity contribution >= 4 is 51.7 Å². The molecule has 0 unspecified atom stereocenters. The first-order valence-electron chi connectivity index (χ1n) is 18.4. The maximum Gasteiger partial charge on any atom is 0.295 e. The molecule has 0 saturated carbocycles. The number of nitrogens with one attached hydrogen (secondary N) is 2. The van der Waals surface area contributed by atoms with Crippen LogP contribution in [0.15, 0.2) is 53.0 Å². The molecular formula is C39H45N11O5. The number of amides is 3. The summed E-state index contributed by atoms with van der Waals surface area (Å²) < 4.78 is 16.8.